The van der Waals surface area contributed by atoms with Gasteiger partial charge >= 0.3 is 35.6 Å². The molecular formula is C35H45N5O17. The van der Waals surface area contributed by atoms with Gasteiger partial charge < -0.3 is 58.0 Å². The van der Waals surface area contributed by atoms with Crippen LogP contribution in [0.25, 0.3) is 10.4 Å². The fourth-order valence-corrected chi connectivity index (χ4v) is 5.47. The standard InChI is InChI=1S/C35H45N5O17/c1-8-12-50-13-14-51-15-16-53-35(34(47)49-7)32(56-23(5)44)29(39-33(46)24-10-9-11-25(17-24)48-6)28(38-27(45)19-52-20(2)41)31(57-35)30(55-22(4)43)26(18-37-40-36)54-21(3)42/h1,9-11,17,26,28-32H,12-16,18-19H2,2-7H3,(H,38,45)(H,39,46)/t26-,28-,29-,30-,31-,32+,35-/m1/s1. The number of hydrogen-bond acceptors (Lipinski definition) is 18. The first-order valence-electron chi connectivity index (χ1n) is 17.0. The maximum absolute atomic E-state index is 14.1. The van der Waals surface area contributed by atoms with Crippen LogP contribution in [-0.4, -0.2) is 144 Å². The van der Waals surface area contributed by atoms with Crippen LogP contribution in [0.15, 0.2) is 29.4 Å². The molecule has 1 heterocycles. The maximum Gasteiger partial charge on any atom is 0.370 e. The van der Waals surface area contributed by atoms with Crippen LogP contribution < -0.4 is 15.4 Å². The Morgan fingerprint density at radius 3 is 2.21 bits per heavy atom. The molecule has 1 aromatic carbocycles. The van der Waals surface area contributed by atoms with Gasteiger partial charge in [0.15, 0.2) is 18.8 Å². The number of terminal acetylenes is 1. The lowest BCUT2D eigenvalue weighted by atomic mass is 9.83. The van der Waals surface area contributed by atoms with Gasteiger partial charge in [0.25, 0.3) is 11.8 Å². The summed E-state index contributed by atoms with van der Waals surface area (Å²) < 4.78 is 54.8. The van der Waals surface area contributed by atoms with Crippen LogP contribution in [-0.2, 0) is 71.4 Å². The van der Waals surface area contributed by atoms with Gasteiger partial charge in [0.1, 0.15) is 24.6 Å². The summed E-state index contributed by atoms with van der Waals surface area (Å²) in [7, 11) is 2.28. The quantitative estimate of drug-likeness (QED) is 0.0294. The number of rotatable bonds is 22. The van der Waals surface area contributed by atoms with Crippen molar-refractivity contribution in [3.63, 3.8) is 0 Å². The molecule has 2 rings (SSSR count). The number of ether oxygens (including phenoxy) is 10. The Bertz CT molecular complexity index is 1670. The van der Waals surface area contributed by atoms with Crippen LogP contribution in [0.3, 0.4) is 0 Å². The highest BCUT2D eigenvalue weighted by Crippen LogP contribution is 2.38. The third-order valence-electron chi connectivity index (χ3n) is 7.62. The molecule has 0 unspecified atom stereocenters. The predicted molar refractivity (Wildman–Crippen MR) is 190 cm³/mol. The Hall–Kier alpha value is -5.98. The molecule has 0 bridgehead atoms. The van der Waals surface area contributed by atoms with Crippen molar-refractivity contribution < 1.29 is 80.9 Å². The van der Waals surface area contributed by atoms with Gasteiger partial charge in [-0.2, -0.15) is 0 Å². The van der Waals surface area contributed by atoms with E-state index in [1.54, 1.807) is 6.07 Å². The normalized spacial score (nSPS) is 20.8. The average Bonchev–Trinajstić information content (AvgIpc) is 3.16. The Morgan fingerprint density at radius 1 is 0.930 bits per heavy atom. The van der Waals surface area contributed by atoms with E-state index in [-0.39, 0.29) is 37.7 Å². The van der Waals surface area contributed by atoms with Gasteiger partial charge in [-0.1, -0.05) is 17.1 Å². The van der Waals surface area contributed by atoms with Gasteiger partial charge in [0.2, 0.25) is 0 Å². The Balaban J connectivity index is 2.97. The highest BCUT2D eigenvalue weighted by molar-refractivity contribution is 5.95. The SMILES string of the molecule is C#CCOCCOCCO[C@@]1(C(=O)OC)O[C@@H]([C@H](OC(C)=O)[C@@H](CN=[N+]=[N-])OC(C)=O)[C@H](NC(=O)COC(C)=O)[C@@H](NC(=O)c2cccc(OC)c2)[C@@H]1OC(C)=O. The van der Waals surface area contributed by atoms with E-state index in [4.69, 9.17) is 59.3 Å². The minimum Gasteiger partial charge on any atom is -0.497 e. The van der Waals surface area contributed by atoms with Gasteiger partial charge in [-0.3, -0.25) is 28.8 Å². The van der Waals surface area contributed by atoms with Crippen LogP contribution in [0.4, 0.5) is 0 Å². The summed E-state index contributed by atoms with van der Waals surface area (Å²) in [6.45, 7) is 1.66. The predicted octanol–water partition coefficient (Wildman–Crippen LogP) is -0.102. The summed E-state index contributed by atoms with van der Waals surface area (Å²) in [4.78, 5) is 93.7. The van der Waals surface area contributed by atoms with E-state index in [0.29, 0.717) is 0 Å². The molecule has 312 valence electrons. The van der Waals surface area contributed by atoms with E-state index in [2.05, 4.69) is 26.6 Å². The van der Waals surface area contributed by atoms with E-state index in [9.17, 15) is 33.6 Å². The number of carbonyl (C=O) groups excluding carboxylic acids is 7. The third kappa shape index (κ3) is 14.6. The van der Waals surface area contributed by atoms with Gasteiger partial charge in [-0.05, 0) is 23.7 Å². The van der Waals surface area contributed by atoms with Crippen LogP contribution >= 0.6 is 0 Å². The highest BCUT2D eigenvalue weighted by Gasteiger charge is 2.66. The first kappa shape index (κ1) is 47.2. The summed E-state index contributed by atoms with van der Waals surface area (Å²) >= 11 is 0. The van der Waals surface area contributed by atoms with Crippen LogP contribution in [0.2, 0.25) is 0 Å². The van der Waals surface area contributed by atoms with Crippen molar-refractivity contribution >= 4 is 41.7 Å². The minimum atomic E-state index is -2.91. The molecule has 0 radical (unpaired) electrons. The summed E-state index contributed by atoms with van der Waals surface area (Å²) in [5.41, 5.74) is 9.12. The third-order valence-corrected chi connectivity index (χ3v) is 7.62. The lowest BCUT2D eigenvalue weighted by Crippen LogP contribution is -2.78. The number of esters is 5. The second kappa shape index (κ2) is 23.8. The monoisotopic (exact) mass is 807 g/mol. The number of nitrogens with zero attached hydrogens (tertiary/aromatic N) is 3. The van der Waals surface area contributed by atoms with E-state index in [1.165, 1.54) is 25.3 Å². The van der Waals surface area contributed by atoms with Crippen LogP contribution in [0, 0.1) is 12.3 Å². The first-order valence-corrected chi connectivity index (χ1v) is 17.0. The summed E-state index contributed by atoms with van der Waals surface area (Å²) in [5, 5.41) is 8.58. The number of azide groups is 1. The Morgan fingerprint density at radius 2 is 1.61 bits per heavy atom. The molecule has 1 aromatic rings. The molecule has 57 heavy (non-hydrogen) atoms. The molecule has 0 aliphatic carbocycles. The fourth-order valence-electron chi connectivity index (χ4n) is 5.47. The topological polar surface area (TPSA) is 285 Å². The molecule has 1 saturated heterocycles. The van der Waals surface area contributed by atoms with Gasteiger partial charge in [-0.25, -0.2) is 4.79 Å². The number of amides is 2. The summed E-state index contributed by atoms with van der Waals surface area (Å²) in [6.07, 6.45) is -2.47. The Kier molecular flexibility index (Phi) is 19.7. The molecule has 0 spiro atoms. The molecule has 0 aromatic heterocycles. The number of carbonyl (C=O) groups is 7. The van der Waals surface area contributed by atoms with Crippen molar-refractivity contribution in [1.82, 2.24) is 10.6 Å². The lowest BCUT2D eigenvalue weighted by molar-refractivity contribution is -0.337. The molecule has 2 amide bonds. The molecule has 7 atom stereocenters. The largest absolute Gasteiger partial charge is 0.497 e. The first-order chi connectivity index (χ1) is 27.1. The second-order valence-electron chi connectivity index (χ2n) is 11.7. The smallest absolute Gasteiger partial charge is 0.370 e. The zero-order valence-corrected chi connectivity index (χ0v) is 32.1. The van der Waals surface area contributed by atoms with Gasteiger partial charge in [0, 0.05) is 38.2 Å². The van der Waals surface area contributed by atoms with Crippen LogP contribution in [0.5, 0.6) is 5.75 Å². The van der Waals surface area contributed by atoms with Gasteiger partial charge in [-0.15, -0.1) is 6.42 Å². The maximum atomic E-state index is 14.1. The molecule has 22 nitrogen and oxygen atoms in total. The minimum absolute atomic E-state index is 0.0147. The van der Waals surface area contributed by atoms with E-state index < -0.39 is 104 Å². The van der Waals surface area contributed by atoms with E-state index >= 15 is 0 Å². The van der Waals surface area contributed by atoms with E-state index in [0.717, 1.165) is 34.8 Å². The van der Waals surface area contributed by atoms with Crippen molar-refractivity contribution in [1.29, 1.82) is 0 Å². The molecule has 0 saturated carbocycles. The zero-order chi connectivity index (χ0) is 42.5. The molecule has 1 aliphatic heterocycles. The second-order valence-corrected chi connectivity index (χ2v) is 11.7. The number of hydrogen-bond donors (Lipinski definition) is 2. The number of nitrogens with one attached hydrogen (secondary N) is 2. The van der Waals surface area contributed by atoms with E-state index in [1.807, 2.05) is 0 Å². The van der Waals surface area contributed by atoms with Crippen molar-refractivity contribution in [2.45, 2.75) is 70.0 Å². The molecule has 2 N–H and O–H groups in total. The molecule has 1 fully saturated rings. The van der Waals surface area contributed by atoms with Crippen molar-refractivity contribution in [2.24, 2.45) is 5.11 Å². The van der Waals surface area contributed by atoms with Crippen molar-refractivity contribution in [3.8, 4) is 18.1 Å². The lowest BCUT2D eigenvalue weighted by Gasteiger charge is -2.52. The molecular weight excluding hydrogens is 762 g/mol. The molecule has 22 heteroatoms. The average molecular weight is 808 g/mol. The zero-order valence-electron chi connectivity index (χ0n) is 32.1. The summed E-state index contributed by atoms with van der Waals surface area (Å²) in [5.74, 6) is -7.58. The van der Waals surface area contributed by atoms with Gasteiger partial charge in [0.05, 0.1) is 59.3 Å². The number of benzene rings is 1. The van der Waals surface area contributed by atoms with Crippen molar-refractivity contribution in [3.05, 3.63) is 40.3 Å². The highest BCUT2D eigenvalue weighted by atomic mass is 16.8. The molecule has 1 aliphatic rings. The number of methoxy groups -OCH3 is 2. The van der Waals surface area contributed by atoms with Crippen molar-refractivity contribution in [2.75, 3.05) is 60.4 Å². The fraction of sp³-hybridized carbons (Fsp3) is 0.571. The Labute approximate surface area is 327 Å². The van der Waals surface area contributed by atoms with Crippen LogP contribution in [0.1, 0.15) is 38.1 Å². The summed E-state index contributed by atoms with van der Waals surface area (Å²) in [6, 6.07) is 2.16.